The molecule has 0 aliphatic carbocycles. The van der Waals surface area contributed by atoms with Gasteiger partial charge in [-0.05, 0) is 65.4 Å². The van der Waals surface area contributed by atoms with Crippen LogP contribution in [0.3, 0.4) is 0 Å². The second kappa shape index (κ2) is 10.8. The summed E-state index contributed by atoms with van der Waals surface area (Å²) in [6, 6.07) is 25.8. The molecule has 0 aromatic heterocycles. The molecular weight excluding hydrogens is 458 g/mol. The molecule has 0 spiro atoms. The molecule has 35 heavy (non-hydrogen) atoms. The average Bonchev–Trinajstić information content (AvgIpc) is 3.19. The van der Waals surface area contributed by atoms with Crippen LogP contribution in [0.5, 0.6) is 5.75 Å². The van der Waals surface area contributed by atoms with Crippen LogP contribution in [-0.2, 0) is 16.1 Å². The standard InChI is InChI=1S/C28H27N3O3S/c1-33-25-13-9-22(10-14-25)20-31-27(32)26(35-28(31)29-23-5-3-2-4-6-23)19-21-7-11-24(12-8-21)30-15-17-34-18-16-30/h2-14,19H,15-18,20H2,1H3. The van der Waals surface area contributed by atoms with E-state index in [9.17, 15) is 4.79 Å². The number of anilines is 1. The molecule has 0 radical (unpaired) electrons. The third-order valence-corrected chi connectivity index (χ3v) is 6.94. The second-order valence-electron chi connectivity index (χ2n) is 8.27. The summed E-state index contributed by atoms with van der Waals surface area (Å²) in [5.74, 6) is 0.743. The Morgan fingerprint density at radius 2 is 1.69 bits per heavy atom. The summed E-state index contributed by atoms with van der Waals surface area (Å²) < 4.78 is 10.7. The molecule has 3 aromatic rings. The van der Waals surface area contributed by atoms with Crippen LogP contribution < -0.4 is 9.64 Å². The maximum Gasteiger partial charge on any atom is 0.267 e. The molecule has 0 atom stereocenters. The number of nitrogens with zero attached hydrogens (tertiary/aromatic N) is 3. The predicted octanol–water partition coefficient (Wildman–Crippen LogP) is 5.34. The van der Waals surface area contributed by atoms with Crippen molar-refractivity contribution in [2.24, 2.45) is 4.99 Å². The van der Waals surface area contributed by atoms with E-state index in [1.807, 2.05) is 60.7 Å². The maximum absolute atomic E-state index is 13.5. The molecule has 2 aliphatic heterocycles. The van der Waals surface area contributed by atoms with Gasteiger partial charge in [0, 0.05) is 18.8 Å². The molecule has 178 valence electrons. The van der Waals surface area contributed by atoms with Crippen molar-refractivity contribution >= 4 is 40.3 Å². The molecule has 0 saturated carbocycles. The van der Waals surface area contributed by atoms with Crippen molar-refractivity contribution in [2.75, 3.05) is 38.3 Å². The van der Waals surface area contributed by atoms with E-state index in [1.54, 1.807) is 12.0 Å². The zero-order chi connectivity index (χ0) is 24.0. The van der Waals surface area contributed by atoms with E-state index >= 15 is 0 Å². The molecule has 0 bridgehead atoms. The lowest BCUT2D eigenvalue weighted by Crippen LogP contribution is -2.36. The van der Waals surface area contributed by atoms with Gasteiger partial charge in [0.1, 0.15) is 5.75 Å². The summed E-state index contributed by atoms with van der Waals surface area (Å²) in [6.07, 6.45) is 1.95. The molecule has 1 amide bonds. The van der Waals surface area contributed by atoms with Crippen LogP contribution in [0.15, 0.2) is 88.8 Å². The molecule has 2 saturated heterocycles. The van der Waals surface area contributed by atoms with Crippen LogP contribution in [0, 0.1) is 0 Å². The van der Waals surface area contributed by atoms with Crippen molar-refractivity contribution < 1.29 is 14.3 Å². The van der Waals surface area contributed by atoms with E-state index in [-0.39, 0.29) is 5.91 Å². The SMILES string of the molecule is COc1ccc(CN2C(=O)C(=Cc3ccc(N4CCOCC4)cc3)SC2=Nc2ccccc2)cc1. The van der Waals surface area contributed by atoms with Crippen LogP contribution in [0.4, 0.5) is 11.4 Å². The molecule has 6 nitrogen and oxygen atoms in total. The van der Waals surface area contributed by atoms with Crippen molar-refractivity contribution in [3.05, 3.63) is 94.9 Å². The minimum atomic E-state index is -0.0437. The first-order valence-electron chi connectivity index (χ1n) is 11.6. The largest absolute Gasteiger partial charge is 0.497 e. The van der Waals surface area contributed by atoms with Gasteiger partial charge >= 0.3 is 0 Å². The van der Waals surface area contributed by atoms with Gasteiger partial charge < -0.3 is 14.4 Å². The Balaban J connectivity index is 1.40. The number of methoxy groups -OCH3 is 1. The Morgan fingerprint density at radius 3 is 2.37 bits per heavy atom. The number of amidine groups is 1. The van der Waals surface area contributed by atoms with Gasteiger partial charge in [-0.25, -0.2) is 4.99 Å². The molecule has 2 heterocycles. The van der Waals surface area contributed by atoms with Crippen molar-refractivity contribution in [3.8, 4) is 5.75 Å². The Hall–Kier alpha value is -3.55. The van der Waals surface area contributed by atoms with Crippen LogP contribution in [0.2, 0.25) is 0 Å². The predicted molar refractivity (Wildman–Crippen MR) is 142 cm³/mol. The lowest BCUT2D eigenvalue weighted by atomic mass is 10.1. The lowest BCUT2D eigenvalue weighted by Gasteiger charge is -2.28. The molecule has 7 heteroatoms. The summed E-state index contributed by atoms with van der Waals surface area (Å²) in [7, 11) is 1.64. The normalized spacial score (nSPS) is 18.5. The van der Waals surface area contributed by atoms with Gasteiger partial charge in [-0.2, -0.15) is 0 Å². The maximum atomic E-state index is 13.5. The smallest absolute Gasteiger partial charge is 0.267 e. The van der Waals surface area contributed by atoms with Gasteiger partial charge in [-0.15, -0.1) is 0 Å². The highest BCUT2D eigenvalue weighted by Crippen LogP contribution is 2.35. The Bertz CT molecular complexity index is 1220. The van der Waals surface area contributed by atoms with E-state index in [1.165, 1.54) is 17.4 Å². The first-order chi connectivity index (χ1) is 17.2. The van der Waals surface area contributed by atoms with Crippen molar-refractivity contribution in [1.82, 2.24) is 4.90 Å². The third kappa shape index (κ3) is 5.58. The summed E-state index contributed by atoms with van der Waals surface area (Å²) in [5.41, 5.74) is 3.99. The second-order valence-corrected chi connectivity index (χ2v) is 9.28. The number of thioether (sulfide) groups is 1. The molecular formula is C28H27N3O3S. The van der Waals surface area contributed by atoms with Crippen molar-refractivity contribution in [3.63, 3.8) is 0 Å². The number of aliphatic imine (C=N–C) groups is 1. The van der Waals surface area contributed by atoms with Gasteiger partial charge in [0.15, 0.2) is 5.17 Å². The molecule has 0 N–H and O–H groups in total. The van der Waals surface area contributed by atoms with E-state index in [0.717, 1.165) is 48.9 Å². The molecule has 5 rings (SSSR count). The number of hydrogen-bond donors (Lipinski definition) is 0. The van der Waals surface area contributed by atoms with Gasteiger partial charge in [0.2, 0.25) is 0 Å². The van der Waals surface area contributed by atoms with Crippen molar-refractivity contribution in [2.45, 2.75) is 6.54 Å². The van der Waals surface area contributed by atoms with E-state index < -0.39 is 0 Å². The zero-order valence-corrected chi connectivity index (χ0v) is 20.4. The Morgan fingerprint density at radius 1 is 0.971 bits per heavy atom. The minimum Gasteiger partial charge on any atom is -0.497 e. The van der Waals surface area contributed by atoms with Crippen LogP contribution >= 0.6 is 11.8 Å². The summed E-state index contributed by atoms with van der Waals surface area (Å²) in [5, 5.41) is 0.674. The number of benzene rings is 3. The quantitative estimate of drug-likeness (QED) is 0.442. The number of carbonyl (C=O) groups is 1. The first kappa shape index (κ1) is 23.2. The molecule has 3 aromatic carbocycles. The highest BCUT2D eigenvalue weighted by atomic mass is 32.2. The highest BCUT2D eigenvalue weighted by molar-refractivity contribution is 8.18. The number of hydrogen-bond acceptors (Lipinski definition) is 6. The fraction of sp³-hybridized carbons (Fsp3) is 0.214. The molecule has 2 fully saturated rings. The van der Waals surface area contributed by atoms with Crippen molar-refractivity contribution in [1.29, 1.82) is 0 Å². The molecule has 2 aliphatic rings. The number of ether oxygens (including phenoxy) is 2. The monoisotopic (exact) mass is 485 g/mol. The number of morpholine rings is 1. The van der Waals surface area contributed by atoms with Gasteiger partial charge in [0.25, 0.3) is 5.91 Å². The first-order valence-corrected chi connectivity index (χ1v) is 12.4. The highest BCUT2D eigenvalue weighted by Gasteiger charge is 2.33. The summed E-state index contributed by atoms with van der Waals surface area (Å²) >= 11 is 1.41. The third-order valence-electron chi connectivity index (χ3n) is 5.94. The zero-order valence-electron chi connectivity index (χ0n) is 19.6. The minimum absolute atomic E-state index is 0.0437. The number of amides is 1. The number of carbonyl (C=O) groups excluding carboxylic acids is 1. The van der Waals surface area contributed by atoms with Crippen LogP contribution in [0.25, 0.3) is 6.08 Å². The molecule has 0 unspecified atom stereocenters. The fourth-order valence-electron chi connectivity index (χ4n) is 4.01. The number of para-hydroxylation sites is 1. The van der Waals surface area contributed by atoms with Gasteiger partial charge in [-0.1, -0.05) is 42.5 Å². The van der Waals surface area contributed by atoms with Gasteiger partial charge in [-0.3, -0.25) is 9.69 Å². The van der Waals surface area contributed by atoms with E-state index in [2.05, 4.69) is 29.2 Å². The van der Waals surface area contributed by atoms with Crippen LogP contribution in [-0.4, -0.2) is 49.4 Å². The van der Waals surface area contributed by atoms with E-state index in [0.29, 0.717) is 16.6 Å². The number of rotatable bonds is 6. The topological polar surface area (TPSA) is 54.4 Å². The average molecular weight is 486 g/mol. The Labute approximate surface area is 209 Å². The lowest BCUT2D eigenvalue weighted by molar-refractivity contribution is -0.122. The van der Waals surface area contributed by atoms with E-state index in [4.69, 9.17) is 14.5 Å². The van der Waals surface area contributed by atoms with Crippen LogP contribution in [0.1, 0.15) is 11.1 Å². The van der Waals surface area contributed by atoms with Gasteiger partial charge in [0.05, 0.1) is 37.5 Å². The summed E-state index contributed by atoms with van der Waals surface area (Å²) in [4.78, 5) is 23.0. The fourth-order valence-corrected chi connectivity index (χ4v) is 5.01. The Kier molecular flexibility index (Phi) is 7.16. The summed E-state index contributed by atoms with van der Waals surface area (Å²) in [6.45, 7) is 3.74.